The van der Waals surface area contributed by atoms with Gasteiger partial charge in [-0.15, -0.1) is 0 Å². The number of fused-ring (bicyclic) bond motifs is 1. The number of halogens is 2. The van der Waals surface area contributed by atoms with E-state index in [0.29, 0.717) is 22.8 Å². The van der Waals surface area contributed by atoms with Crippen LogP contribution in [0.5, 0.6) is 0 Å². The first kappa shape index (κ1) is 25.1. The van der Waals surface area contributed by atoms with Crippen molar-refractivity contribution in [2.45, 2.75) is 43.9 Å². The van der Waals surface area contributed by atoms with Crippen molar-refractivity contribution in [3.63, 3.8) is 0 Å². The van der Waals surface area contributed by atoms with Gasteiger partial charge in [0.2, 0.25) is 5.95 Å². The van der Waals surface area contributed by atoms with Crippen molar-refractivity contribution in [3.05, 3.63) is 52.3 Å². The van der Waals surface area contributed by atoms with E-state index in [4.69, 9.17) is 0 Å². The molecule has 0 spiro atoms. The lowest BCUT2D eigenvalue weighted by Crippen LogP contribution is -2.43. The maximum absolute atomic E-state index is 13.7. The largest absolute Gasteiger partial charge is 0.371 e. The second-order valence-electron chi connectivity index (χ2n) is 10.5. The van der Waals surface area contributed by atoms with Crippen molar-refractivity contribution < 1.29 is 18.5 Å². The molecule has 2 aliphatic heterocycles. The van der Waals surface area contributed by atoms with E-state index < -0.39 is 24.8 Å². The SMILES string of the molecule is C[Si]1(C)CCN(c2cc([N+](=O)[O-])ccc2C(=O)Nc2cc3nccn3c(N3CCC(F)(F)CC3)n2)CC1. The normalized spacial score (nSPS) is 19.1. The Bertz CT molecular complexity index is 1340. The molecule has 1 aromatic carbocycles. The van der Waals surface area contributed by atoms with Gasteiger partial charge in [-0.3, -0.25) is 19.3 Å². The number of hydrogen-bond donors (Lipinski definition) is 1. The predicted octanol–water partition coefficient (Wildman–Crippen LogP) is 4.65. The van der Waals surface area contributed by atoms with E-state index in [9.17, 15) is 23.7 Å². The van der Waals surface area contributed by atoms with Crippen LogP contribution in [0.25, 0.3) is 5.65 Å². The average molecular weight is 530 g/mol. The van der Waals surface area contributed by atoms with Crippen LogP contribution < -0.4 is 15.1 Å². The van der Waals surface area contributed by atoms with Crippen LogP contribution >= 0.6 is 0 Å². The van der Waals surface area contributed by atoms with Crippen LogP contribution in [0, 0.1) is 10.1 Å². The molecule has 2 fully saturated rings. The first-order chi connectivity index (χ1) is 17.5. The van der Waals surface area contributed by atoms with Gasteiger partial charge in [-0.25, -0.2) is 13.8 Å². The minimum absolute atomic E-state index is 0.0743. The number of benzene rings is 1. The topological polar surface area (TPSA) is 109 Å². The van der Waals surface area contributed by atoms with E-state index in [2.05, 4.69) is 28.4 Å². The summed E-state index contributed by atoms with van der Waals surface area (Å²) in [6.45, 7) is 6.39. The van der Waals surface area contributed by atoms with Gasteiger partial charge in [0.1, 0.15) is 11.5 Å². The quantitative estimate of drug-likeness (QED) is 0.291. The van der Waals surface area contributed by atoms with Crippen molar-refractivity contribution in [3.8, 4) is 0 Å². The van der Waals surface area contributed by atoms with Crippen molar-refractivity contribution in [2.75, 3.05) is 41.3 Å². The molecule has 0 saturated carbocycles. The molecular formula is C24H29F2N7O3Si. The number of alkyl halides is 2. The Kier molecular flexibility index (Phi) is 6.34. The van der Waals surface area contributed by atoms with Crippen LogP contribution in [0.15, 0.2) is 36.7 Å². The van der Waals surface area contributed by atoms with Gasteiger partial charge in [-0.1, -0.05) is 13.1 Å². The first-order valence-electron chi connectivity index (χ1n) is 12.3. The third-order valence-electron chi connectivity index (χ3n) is 7.28. The summed E-state index contributed by atoms with van der Waals surface area (Å²) < 4.78 is 29.2. The highest BCUT2D eigenvalue weighted by Crippen LogP contribution is 2.33. The molecule has 1 amide bonds. The number of piperidine rings is 1. The molecule has 2 aliphatic rings. The number of amides is 1. The Morgan fingerprint density at radius 1 is 1.11 bits per heavy atom. The molecule has 3 aromatic rings. The zero-order valence-electron chi connectivity index (χ0n) is 20.8. The maximum atomic E-state index is 13.7. The van der Waals surface area contributed by atoms with E-state index in [1.807, 2.05) is 4.90 Å². The van der Waals surface area contributed by atoms with E-state index in [1.54, 1.807) is 27.8 Å². The maximum Gasteiger partial charge on any atom is 0.271 e. The zero-order valence-corrected chi connectivity index (χ0v) is 21.8. The lowest BCUT2D eigenvalue weighted by atomic mass is 10.1. The van der Waals surface area contributed by atoms with Crippen LogP contribution in [-0.2, 0) is 0 Å². The Morgan fingerprint density at radius 2 is 1.81 bits per heavy atom. The monoisotopic (exact) mass is 529 g/mol. The number of anilines is 3. The van der Waals surface area contributed by atoms with Crippen molar-refractivity contribution >= 4 is 42.8 Å². The zero-order chi connectivity index (χ0) is 26.4. The summed E-state index contributed by atoms with van der Waals surface area (Å²) in [7, 11) is -1.30. The molecule has 0 radical (unpaired) electrons. The van der Waals surface area contributed by atoms with Gasteiger partial charge < -0.3 is 15.1 Å². The lowest BCUT2D eigenvalue weighted by Gasteiger charge is -2.37. The molecule has 2 aromatic heterocycles. The highest BCUT2D eigenvalue weighted by atomic mass is 28.3. The fourth-order valence-corrected chi connectivity index (χ4v) is 6.85. The minimum Gasteiger partial charge on any atom is -0.371 e. The van der Waals surface area contributed by atoms with Gasteiger partial charge in [-0.05, 0) is 18.2 Å². The number of hydrogen-bond acceptors (Lipinski definition) is 7. The fourth-order valence-electron chi connectivity index (χ4n) is 4.85. The first-order valence-corrected chi connectivity index (χ1v) is 15.7. The molecule has 0 aliphatic carbocycles. The van der Waals surface area contributed by atoms with Gasteiger partial charge >= 0.3 is 0 Å². The summed E-state index contributed by atoms with van der Waals surface area (Å²) in [5, 5.41) is 14.3. The number of nitrogens with zero attached hydrogens (tertiary/aromatic N) is 6. The summed E-state index contributed by atoms with van der Waals surface area (Å²) >= 11 is 0. The Labute approximate surface area is 213 Å². The number of carbonyl (C=O) groups is 1. The minimum atomic E-state index is -2.70. The van der Waals surface area contributed by atoms with E-state index in [1.165, 1.54) is 18.2 Å². The second kappa shape index (κ2) is 9.36. The number of nitro groups is 1. The summed E-state index contributed by atoms with van der Waals surface area (Å²) in [6.07, 6.45) is 2.73. The predicted molar refractivity (Wildman–Crippen MR) is 140 cm³/mol. The van der Waals surface area contributed by atoms with Gasteiger partial charge in [0, 0.05) is 69.6 Å². The Hall–Kier alpha value is -3.61. The number of non-ortho nitro benzene ring substituents is 1. The summed E-state index contributed by atoms with van der Waals surface area (Å²) in [5.41, 5.74) is 1.28. The molecule has 13 heteroatoms. The molecule has 37 heavy (non-hydrogen) atoms. The molecule has 0 atom stereocenters. The number of nitro benzene ring substituents is 1. The molecule has 196 valence electrons. The molecule has 0 unspecified atom stereocenters. The van der Waals surface area contributed by atoms with Crippen LogP contribution in [0.3, 0.4) is 0 Å². The number of nitrogens with one attached hydrogen (secondary N) is 1. The number of imidazole rings is 1. The highest BCUT2D eigenvalue weighted by molar-refractivity contribution is 6.77. The fraction of sp³-hybridized carbons (Fsp3) is 0.458. The second-order valence-corrected chi connectivity index (χ2v) is 15.8. The van der Waals surface area contributed by atoms with Gasteiger partial charge in [0.25, 0.3) is 17.5 Å². The Morgan fingerprint density at radius 3 is 2.49 bits per heavy atom. The molecule has 1 N–H and O–H groups in total. The summed E-state index contributed by atoms with van der Waals surface area (Å²) in [4.78, 5) is 37.1. The molecule has 4 heterocycles. The smallest absolute Gasteiger partial charge is 0.271 e. The van der Waals surface area contributed by atoms with Crippen LogP contribution in [0.1, 0.15) is 23.2 Å². The number of aromatic nitrogens is 3. The molecule has 5 rings (SSSR count). The molecule has 10 nitrogen and oxygen atoms in total. The number of carbonyl (C=O) groups excluding carboxylic acids is 1. The molecule has 0 bridgehead atoms. The van der Waals surface area contributed by atoms with Gasteiger partial charge in [0.05, 0.1) is 24.2 Å². The third-order valence-corrected chi connectivity index (χ3v) is 10.4. The standard InChI is InChI=1S/C24H29F2N7O3Si/c1-37(2)13-11-30(12-14-37)19-15-17(33(35)36)3-4-18(19)22(34)28-20-16-21-27-7-10-32(21)23(29-20)31-8-5-24(25,26)6-9-31/h3-4,7,10,15-16H,5-6,8-9,11-14H2,1-2H3,(H,28,34). The molecule has 2 saturated heterocycles. The van der Waals surface area contributed by atoms with E-state index in [-0.39, 0.29) is 37.4 Å². The average Bonchev–Trinajstić information content (AvgIpc) is 3.32. The van der Waals surface area contributed by atoms with Gasteiger partial charge in [-0.2, -0.15) is 4.98 Å². The number of rotatable bonds is 5. The van der Waals surface area contributed by atoms with Crippen LogP contribution in [0.2, 0.25) is 25.2 Å². The van der Waals surface area contributed by atoms with Gasteiger partial charge in [0.15, 0.2) is 0 Å². The van der Waals surface area contributed by atoms with Crippen molar-refractivity contribution in [1.29, 1.82) is 0 Å². The summed E-state index contributed by atoms with van der Waals surface area (Å²) in [5.74, 6) is -2.50. The lowest BCUT2D eigenvalue weighted by molar-refractivity contribution is -0.384. The highest BCUT2D eigenvalue weighted by Gasteiger charge is 2.35. The molecular weight excluding hydrogens is 500 g/mol. The van der Waals surface area contributed by atoms with Crippen LogP contribution in [0.4, 0.5) is 31.9 Å². The van der Waals surface area contributed by atoms with Crippen molar-refractivity contribution in [1.82, 2.24) is 14.4 Å². The van der Waals surface area contributed by atoms with E-state index >= 15 is 0 Å². The van der Waals surface area contributed by atoms with Crippen LogP contribution in [-0.4, -0.2) is 65.4 Å². The summed E-state index contributed by atoms with van der Waals surface area (Å²) in [6, 6.07) is 7.94. The Balaban J connectivity index is 1.45. The van der Waals surface area contributed by atoms with E-state index in [0.717, 1.165) is 25.2 Å². The third kappa shape index (κ3) is 5.26. The van der Waals surface area contributed by atoms with Crippen molar-refractivity contribution in [2.24, 2.45) is 0 Å².